The maximum Gasteiger partial charge on any atom is 0.151 e. The average Bonchev–Trinajstić information content (AvgIpc) is 2.53. The molecule has 2 saturated heterocycles. The van der Waals surface area contributed by atoms with Crippen molar-refractivity contribution in [2.24, 2.45) is 0 Å². The van der Waals surface area contributed by atoms with Crippen molar-refractivity contribution in [1.29, 1.82) is 0 Å². The van der Waals surface area contributed by atoms with Gasteiger partial charge in [0.25, 0.3) is 0 Å². The molecule has 0 aromatic carbocycles. The third-order valence-electron chi connectivity index (χ3n) is 5.83. The van der Waals surface area contributed by atoms with Crippen molar-refractivity contribution in [1.82, 2.24) is 15.1 Å². The standard InChI is InChI=1S/C18H28N4O2/c1-21(13-18(23)6-8-24-9-7-18)15-11-22(12-15)17-10-14-4-2-3-5-16(14)19-20-17/h10,15,23H,2-9,11-13H2,1H3. The molecule has 6 nitrogen and oxygen atoms in total. The number of aryl methyl sites for hydroxylation is 2. The van der Waals surface area contributed by atoms with Crippen molar-refractivity contribution in [3.8, 4) is 0 Å². The first-order chi connectivity index (χ1) is 11.6. The lowest BCUT2D eigenvalue weighted by Crippen LogP contribution is -2.61. The molecular formula is C18H28N4O2. The van der Waals surface area contributed by atoms with Crippen molar-refractivity contribution in [3.63, 3.8) is 0 Å². The first-order valence-electron chi connectivity index (χ1n) is 9.24. The number of hydrogen-bond donors (Lipinski definition) is 1. The highest BCUT2D eigenvalue weighted by atomic mass is 16.5. The van der Waals surface area contributed by atoms with E-state index < -0.39 is 5.60 Å². The molecular weight excluding hydrogens is 304 g/mol. The van der Waals surface area contributed by atoms with Gasteiger partial charge in [0.15, 0.2) is 5.82 Å². The fourth-order valence-electron chi connectivity index (χ4n) is 4.06. The first-order valence-corrected chi connectivity index (χ1v) is 9.24. The number of rotatable bonds is 4. The van der Waals surface area contributed by atoms with Gasteiger partial charge in [-0.3, -0.25) is 4.90 Å². The molecule has 0 amide bonds. The van der Waals surface area contributed by atoms with Crippen LogP contribution in [0.15, 0.2) is 6.07 Å². The highest BCUT2D eigenvalue weighted by Crippen LogP contribution is 2.28. The summed E-state index contributed by atoms with van der Waals surface area (Å²) in [5.74, 6) is 1.02. The predicted octanol–water partition coefficient (Wildman–Crippen LogP) is 1.02. The molecule has 3 heterocycles. The molecule has 1 aliphatic carbocycles. The van der Waals surface area contributed by atoms with Crippen LogP contribution in [0.2, 0.25) is 0 Å². The lowest BCUT2D eigenvalue weighted by molar-refractivity contribution is -0.0825. The summed E-state index contributed by atoms with van der Waals surface area (Å²) < 4.78 is 5.37. The second-order valence-corrected chi connectivity index (χ2v) is 7.69. The zero-order valence-electron chi connectivity index (χ0n) is 14.6. The molecule has 6 heteroatoms. The van der Waals surface area contributed by atoms with Gasteiger partial charge in [0.1, 0.15) is 0 Å². The second kappa shape index (κ2) is 6.58. The lowest BCUT2D eigenvalue weighted by Gasteiger charge is -2.47. The molecule has 1 aromatic rings. The molecule has 0 bridgehead atoms. The largest absolute Gasteiger partial charge is 0.388 e. The highest BCUT2D eigenvalue weighted by molar-refractivity contribution is 5.45. The Labute approximate surface area is 143 Å². The van der Waals surface area contributed by atoms with Crippen LogP contribution in [-0.2, 0) is 17.6 Å². The van der Waals surface area contributed by atoms with E-state index in [9.17, 15) is 5.11 Å². The summed E-state index contributed by atoms with van der Waals surface area (Å²) in [4.78, 5) is 4.60. The van der Waals surface area contributed by atoms with E-state index in [2.05, 4.69) is 33.1 Å². The summed E-state index contributed by atoms with van der Waals surface area (Å²) in [7, 11) is 2.12. The van der Waals surface area contributed by atoms with Crippen molar-refractivity contribution >= 4 is 5.82 Å². The van der Waals surface area contributed by atoms with Gasteiger partial charge in [-0.25, -0.2) is 0 Å². The predicted molar refractivity (Wildman–Crippen MR) is 92.3 cm³/mol. The molecule has 0 atom stereocenters. The third-order valence-corrected chi connectivity index (χ3v) is 5.83. The topological polar surface area (TPSA) is 61.7 Å². The summed E-state index contributed by atoms with van der Waals surface area (Å²) in [5.41, 5.74) is 2.00. The van der Waals surface area contributed by atoms with Crippen LogP contribution in [0.3, 0.4) is 0 Å². The van der Waals surface area contributed by atoms with Gasteiger partial charge in [0.2, 0.25) is 0 Å². The molecule has 1 N–H and O–H groups in total. The molecule has 1 aromatic heterocycles. The number of aromatic nitrogens is 2. The summed E-state index contributed by atoms with van der Waals surface area (Å²) >= 11 is 0. The maximum absolute atomic E-state index is 10.7. The Bertz CT molecular complexity index is 582. The van der Waals surface area contributed by atoms with E-state index in [-0.39, 0.29) is 0 Å². The molecule has 24 heavy (non-hydrogen) atoms. The molecule has 0 unspecified atom stereocenters. The fraction of sp³-hybridized carbons (Fsp3) is 0.778. The molecule has 2 aliphatic heterocycles. The van der Waals surface area contributed by atoms with Crippen molar-refractivity contribution < 1.29 is 9.84 Å². The van der Waals surface area contributed by atoms with Gasteiger partial charge in [-0.1, -0.05) is 0 Å². The number of aliphatic hydroxyl groups is 1. The molecule has 0 saturated carbocycles. The minimum atomic E-state index is -0.584. The SMILES string of the molecule is CN(CC1(O)CCOCC1)C1CN(c2cc3c(nn2)CCCC3)C1. The second-order valence-electron chi connectivity index (χ2n) is 7.69. The van der Waals surface area contributed by atoms with Gasteiger partial charge >= 0.3 is 0 Å². The zero-order chi connectivity index (χ0) is 16.6. The molecule has 2 fully saturated rings. The van der Waals surface area contributed by atoms with Crippen LogP contribution in [0, 0.1) is 0 Å². The van der Waals surface area contributed by atoms with E-state index in [4.69, 9.17) is 4.74 Å². The van der Waals surface area contributed by atoms with Gasteiger partial charge < -0.3 is 14.7 Å². The van der Waals surface area contributed by atoms with Crippen LogP contribution in [0.1, 0.15) is 36.9 Å². The minimum Gasteiger partial charge on any atom is -0.388 e. The summed E-state index contributed by atoms with van der Waals surface area (Å²) in [6.07, 6.45) is 6.21. The Morgan fingerprint density at radius 1 is 1.25 bits per heavy atom. The van der Waals surface area contributed by atoms with Crippen molar-refractivity contribution in [3.05, 3.63) is 17.3 Å². The van der Waals surface area contributed by atoms with Gasteiger partial charge in [0.05, 0.1) is 11.3 Å². The van der Waals surface area contributed by atoms with Crippen LogP contribution >= 0.6 is 0 Å². The monoisotopic (exact) mass is 332 g/mol. The van der Waals surface area contributed by atoms with Crippen LogP contribution < -0.4 is 4.90 Å². The first kappa shape index (κ1) is 16.2. The zero-order valence-corrected chi connectivity index (χ0v) is 14.6. The lowest BCUT2D eigenvalue weighted by atomic mass is 9.92. The molecule has 0 radical (unpaired) electrons. The van der Waals surface area contributed by atoms with Gasteiger partial charge in [-0.2, -0.15) is 5.10 Å². The van der Waals surface area contributed by atoms with Crippen LogP contribution in [0.25, 0.3) is 0 Å². The Hall–Kier alpha value is -1.24. The minimum absolute atomic E-state index is 0.481. The smallest absolute Gasteiger partial charge is 0.151 e. The van der Waals surface area contributed by atoms with Crippen LogP contribution in [0.5, 0.6) is 0 Å². The Morgan fingerprint density at radius 2 is 2.00 bits per heavy atom. The normalized spacial score (nSPS) is 23.9. The summed E-state index contributed by atoms with van der Waals surface area (Å²) in [6.45, 7) is 4.01. The number of likely N-dealkylation sites (N-methyl/N-ethyl adjacent to an activating group) is 1. The number of ether oxygens (including phenoxy) is 1. The third kappa shape index (κ3) is 3.27. The number of hydrogen-bond acceptors (Lipinski definition) is 6. The highest BCUT2D eigenvalue weighted by Gasteiger charge is 2.37. The van der Waals surface area contributed by atoms with E-state index in [1.54, 1.807) is 0 Å². The van der Waals surface area contributed by atoms with Crippen LogP contribution in [0.4, 0.5) is 5.82 Å². The Kier molecular flexibility index (Phi) is 4.45. The van der Waals surface area contributed by atoms with Gasteiger partial charge in [-0.05, 0) is 44.4 Å². The van der Waals surface area contributed by atoms with Gasteiger partial charge in [-0.15, -0.1) is 5.10 Å². The van der Waals surface area contributed by atoms with E-state index in [0.29, 0.717) is 19.3 Å². The fourth-order valence-corrected chi connectivity index (χ4v) is 4.06. The molecule has 132 valence electrons. The van der Waals surface area contributed by atoms with E-state index in [1.807, 2.05) is 0 Å². The number of anilines is 1. The van der Waals surface area contributed by atoms with Gasteiger partial charge in [0, 0.05) is 51.7 Å². The van der Waals surface area contributed by atoms with E-state index >= 15 is 0 Å². The van der Waals surface area contributed by atoms with Crippen molar-refractivity contribution in [2.45, 2.75) is 50.2 Å². The molecule has 0 spiro atoms. The van der Waals surface area contributed by atoms with Crippen LogP contribution in [-0.4, -0.2) is 71.7 Å². The average molecular weight is 332 g/mol. The molecule has 4 rings (SSSR count). The summed E-state index contributed by atoms with van der Waals surface area (Å²) in [6, 6.07) is 2.72. The Morgan fingerprint density at radius 3 is 2.79 bits per heavy atom. The van der Waals surface area contributed by atoms with E-state index in [1.165, 1.54) is 24.1 Å². The number of fused-ring (bicyclic) bond motifs is 1. The number of nitrogens with zero attached hydrogens (tertiary/aromatic N) is 4. The van der Waals surface area contributed by atoms with Crippen molar-refractivity contribution in [2.75, 3.05) is 44.8 Å². The maximum atomic E-state index is 10.7. The molecule has 3 aliphatic rings. The van der Waals surface area contributed by atoms with E-state index in [0.717, 1.165) is 51.1 Å². The summed E-state index contributed by atoms with van der Waals surface area (Å²) in [5, 5.41) is 19.5. The Balaban J connectivity index is 1.32. The quantitative estimate of drug-likeness (QED) is 0.888.